The summed E-state index contributed by atoms with van der Waals surface area (Å²) in [5.74, 6) is 0.672. The van der Waals surface area contributed by atoms with E-state index in [0.29, 0.717) is 28.6 Å². The molecule has 3 nitrogen and oxygen atoms in total. The highest BCUT2D eigenvalue weighted by molar-refractivity contribution is 5.84. The second-order valence-corrected chi connectivity index (χ2v) is 4.05. The van der Waals surface area contributed by atoms with Crippen molar-refractivity contribution >= 4 is 16.8 Å². The van der Waals surface area contributed by atoms with E-state index in [2.05, 4.69) is 18.8 Å². The van der Waals surface area contributed by atoms with Crippen molar-refractivity contribution in [3.63, 3.8) is 0 Å². The lowest BCUT2D eigenvalue weighted by atomic mass is 10.1. The number of hydrogen-bond donors (Lipinski definition) is 1. The van der Waals surface area contributed by atoms with Crippen LogP contribution in [0.25, 0.3) is 11.1 Å². The summed E-state index contributed by atoms with van der Waals surface area (Å²) in [4.78, 5) is 4.19. The van der Waals surface area contributed by atoms with Crippen molar-refractivity contribution < 1.29 is 8.81 Å². The summed E-state index contributed by atoms with van der Waals surface area (Å²) >= 11 is 0. The van der Waals surface area contributed by atoms with Gasteiger partial charge in [-0.1, -0.05) is 13.8 Å². The molecule has 0 aliphatic carbocycles. The van der Waals surface area contributed by atoms with Crippen molar-refractivity contribution in [3.05, 3.63) is 23.8 Å². The molecule has 0 radical (unpaired) electrons. The van der Waals surface area contributed by atoms with Crippen molar-refractivity contribution in [2.75, 3.05) is 5.73 Å². The van der Waals surface area contributed by atoms with Crippen molar-refractivity contribution in [1.29, 1.82) is 0 Å². The van der Waals surface area contributed by atoms with E-state index in [-0.39, 0.29) is 5.82 Å². The van der Waals surface area contributed by atoms with E-state index in [1.807, 2.05) is 0 Å². The Morgan fingerprint density at radius 3 is 2.87 bits per heavy atom. The molecule has 15 heavy (non-hydrogen) atoms. The molecule has 0 saturated heterocycles. The molecule has 1 aromatic carbocycles. The zero-order chi connectivity index (χ0) is 11.0. The predicted molar refractivity (Wildman–Crippen MR) is 56.9 cm³/mol. The number of anilines is 1. The van der Waals surface area contributed by atoms with Gasteiger partial charge in [0.15, 0.2) is 11.5 Å². The van der Waals surface area contributed by atoms with Gasteiger partial charge in [-0.25, -0.2) is 9.37 Å². The zero-order valence-electron chi connectivity index (χ0n) is 8.75. The maximum absolute atomic E-state index is 13.0. The number of fused-ring (bicyclic) bond motifs is 1. The third kappa shape index (κ3) is 1.93. The van der Waals surface area contributed by atoms with Gasteiger partial charge in [-0.2, -0.15) is 0 Å². The molecular formula is C11H13FN2O. The number of halogens is 1. The van der Waals surface area contributed by atoms with Gasteiger partial charge in [0.25, 0.3) is 0 Å². The number of hydrogen-bond acceptors (Lipinski definition) is 3. The third-order valence-corrected chi connectivity index (χ3v) is 2.11. The molecule has 0 aliphatic heterocycles. The van der Waals surface area contributed by atoms with Gasteiger partial charge in [0.05, 0.1) is 5.69 Å². The number of benzene rings is 1. The molecule has 2 aromatic rings. The Hall–Kier alpha value is -1.58. The monoisotopic (exact) mass is 208 g/mol. The van der Waals surface area contributed by atoms with Crippen molar-refractivity contribution in [2.45, 2.75) is 20.3 Å². The smallest absolute Gasteiger partial charge is 0.195 e. The molecule has 2 N–H and O–H groups in total. The van der Waals surface area contributed by atoms with Crippen LogP contribution in [-0.2, 0) is 6.42 Å². The van der Waals surface area contributed by atoms with Crippen LogP contribution >= 0.6 is 0 Å². The van der Waals surface area contributed by atoms with Gasteiger partial charge in [-0.05, 0) is 5.92 Å². The summed E-state index contributed by atoms with van der Waals surface area (Å²) in [6.07, 6.45) is 0.732. The van der Waals surface area contributed by atoms with Gasteiger partial charge >= 0.3 is 0 Å². The van der Waals surface area contributed by atoms with Crippen LogP contribution in [0, 0.1) is 11.7 Å². The number of rotatable bonds is 2. The van der Waals surface area contributed by atoms with E-state index >= 15 is 0 Å². The molecule has 0 saturated carbocycles. The summed E-state index contributed by atoms with van der Waals surface area (Å²) in [5.41, 5.74) is 6.89. The van der Waals surface area contributed by atoms with Gasteiger partial charge in [-0.3, -0.25) is 0 Å². The normalized spacial score (nSPS) is 11.5. The van der Waals surface area contributed by atoms with E-state index in [9.17, 15) is 4.39 Å². The highest BCUT2D eigenvalue weighted by atomic mass is 19.1. The van der Waals surface area contributed by atoms with E-state index < -0.39 is 0 Å². The fourth-order valence-electron chi connectivity index (χ4n) is 1.51. The number of nitrogens with zero attached hydrogens (tertiary/aromatic N) is 1. The molecule has 0 bridgehead atoms. The minimum Gasteiger partial charge on any atom is -0.439 e. The second-order valence-electron chi connectivity index (χ2n) is 4.05. The first-order chi connectivity index (χ1) is 7.06. The van der Waals surface area contributed by atoms with Crippen LogP contribution in [0.4, 0.5) is 10.1 Å². The highest BCUT2D eigenvalue weighted by Crippen LogP contribution is 2.24. The summed E-state index contributed by atoms with van der Waals surface area (Å²) in [7, 11) is 0. The van der Waals surface area contributed by atoms with Crippen LogP contribution in [0.1, 0.15) is 19.7 Å². The topological polar surface area (TPSA) is 52.0 Å². The van der Waals surface area contributed by atoms with Crippen LogP contribution in [0.15, 0.2) is 16.5 Å². The van der Waals surface area contributed by atoms with Crippen molar-refractivity contribution in [1.82, 2.24) is 4.98 Å². The molecule has 1 heterocycles. The molecule has 0 amide bonds. The maximum Gasteiger partial charge on any atom is 0.195 e. The first kappa shape index (κ1) is 9.96. The molecule has 2 rings (SSSR count). The van der Waals surface area contributed by atoms with E-state index in [1.165, 1.54) is 12.1 Å². The van der Waals surface area contributed by atoms with Gasteiger partial charge < -0.3 is 10.2 Å². The van der Waals surface area contributed by atoms with E-state index in [0.717, 1.165) is 6.42 Å². The molecule has 80 valence electrons. The lowest BCUT2D eigenvalue weighted by Crippen LogP contribution is -1.93. The standard InChI is InChI=1S/C11H13FN2O/c1-6(2)3-10-14-9-5-7(12)4-8(13)11(9)15-10/h4-6H,3,13H2,1-2H3. The van der Waals surface area contributed by atoms with Gasteiger partial charge in [-0.15, -0.1) is 0 Å². The van der Waals surface area contributed by atoms with E-state index in [1.54, 1.807) is 0 Å². The highest BCUT2D eigenvalue weighted by Gasteiger charge is 2.11. The van der Waals surface area contributed by atoms with E-state index in [4.69, 9.17) is 10.2 Å². The average Bonchev–Trinajstić information content (AvgIpc) is 2.45. The van der Waals surface area contributed by atoms with Crippen LogP contribution in [0.3, 0.4) is 0 Å². The minimum atomic E-state index is -0.385. The maximum atomic E-state index is 13.0. The van der Waals surface area contributed by atoms with Crippen LogP contribution in [0.2, 0.25) is 0 Å². The minimum absolute atomic E-state index is 0.299. The lowest BCUT2D eigenvalue weighted by molar-refractivity contribution is 0.483. The quantitative estimate of drug-likeness (QED) is 0.772. The molecule has 0 spiro atoms. The average molecular weight is 208 g/mol. The first-order valence-electron chi connectivity index (χ1n) is 4.90. The Labute approximate surface area is 87.1 Å². The molecule has 0 fully saturated rings. The molecule has 1 aromatic heterocycles. The Bertz CT molecular complexity index is 491. The number of aromatic nitrogens is 1. The summed E-state index contributed by atoms with van der Waals surface area (Å²) in [5, 5.41) is 0. The molecule has 4 heteroatoms. The fourth-order valence-corrected chi connectivity index (χ4v) is 1.51. The molecule has 0 unspecified atom stereocenters. The molecule has 0 atom stereocenters. The van der Waals surface area contributed by atoms with Crippen LogP contribution < -0.4 is 5.73 Å². The van der Waals surface area contributed by atoms with Crippen LogP contribution in [-0.4, -0.2) is 4.98 Å². The zero-order valence-corrected chi connectivity index (χ0v) is 8.75. The van der Waals surface area contributed by atoms with Crippen molar-refractivity contribution in [3.8, 4) is 0 Å². The lowest BCUT2D eigenvalue weighted by Gasteiger charge is -1.97. The van der Waals surface area contributed by atoms with Gasteiger partial charge in [0.1, 0.15) is 11.3 Å². The Morgan fingerprint density at radius 1 is 1.47 bits per heavy atom. The predicted octanol–water partition coefficient (Wildman–Crippen LogP) is 2.75. The Kier molecular flexibility index (Phi) is 2.34. The van der Waals surface area contributed by atoms with Gasteiger partial charge in [0, 0.05) is 18.6 Å². The number of nitrogens with two attached hydrogens (primary N) is 1. The summed E-state index contributed by atoms with van der Waals surface area (Å²) in [6, 6.07) is 2.58. The molecular weight excluding hydrogens is 195 g/mol. The van der Waals surface area contributed by atoms with Crippen LogP contribution in [0.5, 0.6) is 0 Å². The third-order valence-electron chi connectivity index (χ3n) is 2.11. The second kappa shape index (κ2) is 3.53. The Balaban J connectivity index is 2.50. The Morgan fingerprint density at radius 2 is 2.20 bits per heavy atom. The summed E-state index contributed by atoms with van der Waals surface area (Å²) in [6.45, 7) is 4.14. The first-order valence-corrected chi connectivity index (χ1v) is 4.90. The largest absolute Gasteiger partial charge is 0.439 e. The SMILES string of the molecule is CC(C)Cc1nc2cc(F)cc(N)c2o1. The van der Waals surface area contributed by atoms with Crippen molar-refractivity contribution in [2.24, 2.45) is 5.92 Å². The number of oxazole rings is 1. The molecule has 0 aliphatic rings. The van der Waals surface area contributed by atoms with Gasteiger partial charge in [0.2, 0.25) is 0 Å². The number of nitrogen functional groups attached to an aromatic ring is 1. The fraction of sp³-hybridized carbons (Fsp3) is 0.364. The summed E-state index contributed by atoms with van der Waals surface area (Å²) < 4.78 is 18.5.